The van der Waals surface area contributed by atoms with Crippen LogP contribution in [0.4, 0.5) is 5.69 Å². The molecule has 0 bridgehead atoms. The number of amides is 2. The van der Waals surface area contributed by atoms with Gasteiger partial charge in [-0.25, -0.2) is 13.3 Å². The number of aryl methyl sites for hydroxylation is 2. The van der Waals surface area contributed by atoms with E-state index in [0.717, 1.165) is 16.0 Å². The van der Waals surface area contributed by atoms with Gasteiger partial charge < -0.3 is 9.47 Å². The molecule has 0 spiro atoms. The Kier molecular flexibility index (Phi) is 8.55. The quantitative estimate of drug-likeness (QED) is 0.276. The molecule has 0 saturated carbocycles. The van der Waals surface area contributed by atoms with Crippen LogP contribution in [0.3, 0.4) is 0 Å². The van der Waals surface area contributed by atoms with Crippen LogP contribution >= 0.6 is 0 Å². The number of anilines is 1. The van der Waals surface area contributed by atoms with Crippen LogP contribution in [-0.4, -0.2) is 80.8 Å². The van der Waals surface area contributed by atoms with Gasteiger partial charge in [-0.3, -0.25) is 19.3 Å². The third kappa shape index (κ3) is 5.91. The predicted molar refractivity (Wildman–Crippen MR) is 145 cm³/mol. The third-order valence-electron chi connectivity index (χ3n) is 7.43. The molecule has 39 heavy (non-hydrogen) atoms. The van der Waals surface area contributed by atoms with Gasteiger partial charge in [0, 0.05) is 33.1 Å². The van der Waals surface area contributed by atoms with Crippen LogP contribution in [0.15, 0.2) is 35.2 Å². The van der Waals surface area contributed by atoms with E-state index in [1.165, 1.54) is 35.5 Å². The molecule has 2 heterocycles. The zero-order valence-electron chi connectivity index (χ0n) is 23.0. The summed E-state index contributed by atoms with van der Waals surface area (Å²) in [7, 11) is -4.16. The minimum atomic E-state index is -4.16. The number of ether oxygens (including phenoxy) is 2. The molecule has 1 unspecified atom stereocenters. The van der Waals surface area contributed by atoms with Crippen LogP contribution in [-0.2, 0) is 29.1 Å². The van der Waals surface area contributed by atoms with Crippen LogP contribution in [0.25, 0.3) is 0 Å². The minimum Gasteiger partial charge on any atom is -0.427 e. The van der Waals surface area contributed by atoms with Crippen molar-refractivity contribution < 1.29 is 32.3 Å². The maximum absolute atomic E-state index is 14.3. The summed E-state index contributed by atoms with van der Waals surface area (Å²) < 4.78 is 40.3. The summed E-state index contributed by atoms with van der Waals surface area (Å²) in [5.41, 5.74) is 3.22. The fraction of sp³-hybridized carbons (Fsp3) is 0.464. The average molecular weight is 558 g/mol. The van der Waals surface area contributed by atoms with E-state index < -0.39 is 33.8 Å². The van der Waals surface area contributed by atoms with Crippen molar-refractivity contribution >= 4 is 33.5 Å². The largest absolute Gasteiger partial charge is 0.427 e. The highest BCUT2D eigenvalue weighted by molar-refractivity contribution is 7.89. The number of carbonyl (C=O) groups excluding carboxylic acids is 3. The molecule has 4 rings (SSSR count). The van der Waals surface area contributed by atoms with Gasteiger partial charge in [0.1, 0.15) is 11.8 Å². The topological polar surface area (TPSA) is 114 Å². The van der Waals surface area contributed by atoms with Crippen molar-refractivity contribution in [1.29, 1.82) is 0 Å². The highest BCUT2D eigenvalue weighted by Gasteiger charge is 2.47. The molecule has 2 fully saturated rings. The SMILES string of the molecule is CC(=O)Oc1ccc(N2C(=O)CC(N(CCN3CCOCC3)S(=O)(=O)c3c(C)c(C)cc(C)c3C)C2=O)cc1. The Labute approximate surface area is 229 Å². The molecule has 10 nitrogen and oxygen atoms in total. The molecule has 2 amide bonds. The molecule has 0 aliphatic carbocycles. The van der Waals surface area contributed by atoms with E-state index in [9.17, 15) is 22.8 Å². The van der Waals surface area contributed by atoms with Gasteiger partial charge in [0.2, 0.25) is 15.9 Å². The van der Waals surface area contributed by atoms with Gasteiger partial charge in [0.15, 0.2) is 0 Å². The maximum atomic E-state index is 14.3. The number of hydrogen-bond donors (Lipinski definition) is 0. The molecular weight excluding hydrogens is 522 g/mol. The Bertz CT molecular complexity index is 1360. The highest BCUT2D eigenvalue weighted by Crippen LogP contribution is 2.34. The summed E-state index contributed by atoms with van der Waals surface area (Å²) in [6.45, 7) is 11.4. The highest BCUT2D eigenvalue weighted by atomic mass is 32.2. The zero-order valence-corrected chi connectivity index (χ0v) is 23.8. The number of hydrogen-bond acceptors (Lipinski definition) is 8. The lowest BCUT2D eigenvalue weighted by atomic mass is 10.0. The fourth-order valence-electron chi connectivity index (χ4n) is 5.13. The van der Waals surface area contributed by atoms with E-state index in [2.05, 4.69) is 4.90 Å². The van der Waals surface area contributed by atoms with Crippen LogP contribution in [0.2, 0.25) is 0 Å². The van der Waals surface area contributed by atoms with Crippen LogP contribution in [0.5, 0.6) is 5.75 Å². The first kappa shape index (κ1) is 28.9. The predicted octanol–water partition coefficient (Wildman–Crippen LogP) is 2.50. The van der Waals surface area contributed by atoms with Gasteiger partial charge in [-0.15, -0.1) is 0 Å². The summed E-state index contributed by atoms with van der Waals surface area (Å²) in [6, 6.07) is 6.74. The third-order valence-corrected chi connectivity index (χ3v) is 9.61. The van der Waals surface area contributed by atoms with Crippen molar-refractivity contribution in [3.05, 3.63) is 52.6 Å². The van der Waals surface area contributed by atoms with E-state index in [0.29, 0.717) is 44.0 Å². The lowest BCUT2D eigenvalue weighted by Crippen LogP contribution is -2.49. The number of esters is 1. The van der Waals surface area contributed by atoms with Gasteiger partial charge in [0.25, 0.3) is 5.91 Å². The molecule has 0 N–H and O–H groups in total. The first-order valence-electron chi connectivity index (χ1n) is 13.0. The molecule has 0 aromatic heterocycles. The zero-order chi connectivity index (χ0) is 28.5. The minimum absolute atomic E-state index is 0.0527. The van der Waals surface area contributed by atoms with Crippen LogP contribution < -0.4 is 9.64 Å². The Balaban J connectivity index is 1.71. The van der Waals surface area contributed by atoms with Crippen molar-refractivity contribution in [2.75, 3.05) is 44.3 Å². The Morgan fingerprint density at radius 3 is 2.18 bits per heavy atom. The molecule has 11 heteroatoms. The molecule has 210 valence electrons. The molecule has 2 aromatic carbocycles. The van der Waals surface area contributed by atoms with Crippen LogP contribution in [0, 0.1) is 27.7 Å². The lowest BCUT2D eigenvalue weighted by molar-refractivity contribution is -0.132. The maximum Gasteiger partial charge on any atom is 0.308 e. The normalized spacial score (nSPS) is 18.7. The van der Waals surface area contributed by atoms with Gasteiger partial charge in [-0.05, 0) is 74.2 Å². The number of benzene rings is 2. The second-order valence-corrected chi connectivity index (χ2v) is 11.9. The van der Waals surface area contributed by atoms with Crippen molar-refractivity contribution in [1.82, 2.24) is 9.21 Å². The number of imide groups is 1. The number of carbonyl (C=O) groups is 3. The monoisotopic (exact) mass is 557 g/mol. The van der Waals surface area contributed by atoms with Crippen molar-refractivity contribution in [3.63, 3.8) is 0 Å². The lowest BCUT2D eigenvalue weighted by Gasteiger charge is -2.32. The summed E-state index contributed by atoms with van der Waals surface area (Å²) in [4.78, 5) is 41.4. The standard InChI is InChI=1S/C28H35N3O7S/c1-18-16-19(2)21(4)27(20(18)3)39(35,36)30(11-10-29-12-14-37-15-13-29)25-17-26(33)31(28(25)34)23-6-8-24(9-7-23)38-22(5)32/h6-9,16,25H,10-15,17H2,1-5H3. The van der Waals surface area contributed by atoms with E-state index in [1.807, 2.05) is 19.9 Å². The van der Waals surface area contributed by atoms with Crippen molar-refractivity contribution in [2.24, 2.45) is 0 Å². The molecular formula is C28H35N3O7S. The van der Waals surface area contributed by atoms with E-state index in [-0.39, 0.29) is 29.3 Å². The number of morpholine rings is 1. The molecule has 2 aromatic rings. The number of sulfonamides is 1. The average Bonchev–Trinajstić information content (AvgIpc) is 3.17. The number of nitrogens with zero attached hydrogens (tertiary/aromatic N) is 3. The Morgan fingerprint density at radius 1 is 1.03 bits per heavy atom. The summed E-state index contributed by atoms with van der Waals surface area (Å²) in [5.74, 6) is -1.32. The smallest absolute Gasteiger partial charge is 0.308 e. The van der Waals surface area contributed by atoms with Crippen LogP contribution in [0.1, 0.15) is 35.6 Å². The van der Waals surface area contributed by atoms with Gasteiger partial charge in [-0.1, -0.05) is 6.07 Å². The van der Waals surface area contributed by atoms with Gasteiger partial charge in [0.05, 0.1) is 30.2 Å². The second-order valence-electron chi connectivity index (χ2n) is 10.0. The second kappa shape index (κ2) is 11.5. The molecule has 2 aliphatic heterocycles. The number of rotatable bonds is 8. The summed E-state index contributed by atoms with van der Waals surface area (Å²) in [6.07, 6.45) is -0.268. The van der Waals surface area contributed by atoms with Crippen molar-refractivity contribution in [2.45, 2.75) is 52.0 Å². The fourth-order valence-corrected chi connectivity index (χ4v) is 7.29. The molecule has 2 saturated heterocycles. The molecule has 1 atom stereocenters. The molecule has 2 aliphatic rings. The Hall–Kier alpha value is -3.12. The van der Waals surface area contributed by atoms with Crippen molar-refractivity contribution in [3.8, 4) is 5.75 Å². The first-order valence-corrected chi connectivity index (χ1v) is 14.4. The van der Waals surface area contributed by atoms with E-state index >= 15 is 0 Å². The van der Waals surface area contributed by atoms with E-state index in [1.54, 1.807) is 13.8 Å². The van der Waals surface area contributed by atoms with E-state index in [4.69, 9.17) is 9.47 Å². The van der Waals surface area contributed by atoms with Gasteiger partial charge >= 0.3 is 5.97 Å². The van der Waals surface area contributed by atoms with Gasteiger partial charge in [-0.2, -0.15) is 4.31 Å². The summed E-state index contributed by atoms with van der Waals surface area (Å²) in [5, 5.41) is 0. The first-order chi connectivity index (χ1) is 18.4. The molecule has 0 radical (unpaired) electrons. The Morgan fingerprint density at radius 2 is 1.62 bits per heavy atom. The summed E-state index contributed by atoms with van der Waals surface area (Å²) >= 11 is 0.